The molecule has 10 heteroatoms. The van der Waals surface area contributed by atoms with Gasteiger partial charge in [-0.15, -0.1) is 11.3 Å². The van der Waals surface area contributed by atoms with Crippen molar-refractivity contribution in [3.05, 3.63) is 76.2 Å². The van der Waals surface area contributed by atoms with Crippen LogP contribution in [-0.2, 0) is 27.2 Å². The molecule has 0 aliphatic carbocycles. The Bertz CT molecular complexity index is 1300. The van der Waals surface area contributed by atoms with Crippen LogP contribution in [0.3, 0.4) is 0 Å². The van der Waals surface area contributed by atoms with Crippen molar-refractivity contribution in [3.8, 4) is 5.75 Å². The highest BCUT2D eigenvalue weighted by Crippen LogP contribution is 2.32. The van der Waals surface area contributed by atoms with Crippen LogP contribution in [-0.4, -0.2) is 66.1 Å². The van der Waals surface area contributed by atoms with Gasteiger partial charge in [0.1, 0.15) is 18.5 Å². The van der Waals surface area contributed by atoms with Crippen LogP contribution in [0.4, 0.5) is 5.69 Å². The molecule has 204 valence electrons. The van der Waals surface area contributed by atoms with Gasteiger partial charge in [-0.2, -0.15) is 0 Å². The standard InChI is InChI=1S/C29H32N4O5S/c1-33-24-6-5-21(16-27(34)31-13-10-19-8-11-30-12-9-19)38-26(24)18-37-25-7-4-20(15-23(25)29(33)36)32-28(35)17-22-3-2-14-39-22/h2-4,7-9,11-12,14-15,21,24,26H,5-6,10,13,16-18H2,1H3,(H,31,34)(H,32,35)/t21-,24+,26+/m1/s1. The Morgan fingerprint density at radius 2 is 1.97 bits per heavy atom. The molecule has 2 aliphatic rings. The summed E-state index contributed by atoms with van der Waals surface area (Å²) >= 11 is 1.53. The quantitative estimate of drug-likeness (QED) is 0.446. The summed E-state index contributed by atoms with van der Waals surface area (Å²) in [5.41, 5.74) is 2.07. The summed E-state index contributed by atoms with van der Waals surface area (Å²) < 4.78 is 12.3. The van der Waals surface area contributed by atoms with E-state index in [2.05, 4.69) is 15.6 Å². The van der Waals surface area contributed by atoms with Crippen LogP contribution in [0.25, 0.3) is 0 Å². The van der Waals surface area contributed by atoms with Crippen molar-refractivity contribution in [2.45, 2.75) is 50.4 Å². The zero-order valence-corrected chi connectivity index (χ0v) is 22.6. The van der Waals surface area contributed by atoms with Gasteiger partial charge in [0.25, 0.3) is 5.91 Å². The number of likely N-dealkylation sites (N-methyl/N-ethyl adjacent to an activating group) is 1. The first kappa shape index (κ1) is 26.8. The molecule has 5 rings (SSSR count). The molecule has 0 saturated carbocycles. The number of pyridine rings is 1. The summed E-state index contributed by atoms with van der Waals surface area (Å²) in [4.78, 5) is 45.1. The third kappa shape index (κ3) is 6.82. The second-order valence-corrected chi connectivity index (χ2v) is 10.9. The number of hydrogen-bond donors (Lipinski definition) is 2. The van der Waals surface area contributed by atoms with Crippen molar-refractivity contribution < 1.29 is 23.9 Å². The summed E-state index contributed by atoms with van der Waals surface area (Å²) in [6.45, 7) is 0.814. The summed E-state index contributed by atoms with van der Waals surface area (Å²) in [6.07, 6.45) is 5.56. The molecule has 0 radical (unpaired) electrons. The molecule has 3 atom stereocenters. The third-order valence-electron chi connectivity index (χ3n) is 7.11. The van der Waals surface area contributed by atoms with Gasteiger partial charge in [-0.1, -0.05) is 6.07 Å². The van der Waals surface area contributed by atoms with E-state index in [1.807, 2.05) is 29.6 Å². The molecule has 39 heavy (non-hydrogen) atoms. The predicted molar refractivity (Wildman–Crippen MR) is 148 cm³/mol. The summed E-state index contributed by atoms with van der Waals surface area (Å²) in [5, 5.41) is 7.78. The number of rotatable bonds is 8. The van der Waals surface area contributed by atoms with Crippen molar-refractivity contribution in [1.29, 1.82) is 0 Å². The Balaban J connectivity index is 1.17. The van der Waals surface area contributed by atoms with E-state index in [1.165, 1.54) is 11.3 Å². The summed E-state index contributed by atoms with van der Waals surface area (Å²) in [5.74, 6) is 0.0620. The lowest BCUT2D eigenvalue weighted by atomic mass is 9.94. The molecule has 0 spiro atoms. The monoisotopic (exact) mass is 548 g/mol. The fourth-order valence-electron chi connectivity index (χ4n) is 5.06. The van der Waals surface area contributed by atoms with Crippen LogP contribution < -0.4 is 15.4 Å². The number of fused-ring (bicyclic) bond motifs is 2. The van der Waals surface area contributed by atoms with Gasteiger partial charge >= 0.3 is 0 Å². The molecule has 1 saturated heterocycles. The van der Waals surface area contributed by atoms with Gasteiger partial charge in [0.2, 0.25) is 11.8 Å². The summed E-state index contributed by atoms with van der Waals surface area (Å²) in [7, 11) is 1.77. The number of thiophene rings is 1. The van der Waals surface area contributed by atoms with Crippen LogP contribution in [0.1, 0.15) is 40.1 Å². The van der Waals surface area contributed by atoms with E-state index in [-0.39, 0.29) is 55.4 Å². The van der Waals surface area contributed by atoms with Crippen LogP contribution >= 0.6 is 11.3 Å². The first-order valence-electron chi connectivity index (χ1n) is 13.1. The number of aromatic nitrogens is 1. The Morgan fingerprint density at radius 1 is 1.13 bits per heavy atom. The van der Waals surface area contributed by atoms with Gasteiger partial charge in [0.05, 0.1) is 30.6 Å². The highest BCUT2D eigenvalue weighted by atomic mass is 32.1. The minimum atomic E-state index is -0.347. The normalized spacial score (nSPS) is 20.6. The van der Waals surface area contributed by atoms with E-state index in [4.69, 9.17) is 9.47 Å². The van der Waals surface area contributed by atoms with Gasteiger partial charge in [0.15, 0.2) is 0 Å². The second kappa shape index (κ2) is 12.4. The maximum atomic E-state index is 13.4. The molecule has 1 fully saturated rings. The highest BCUT2D eigenvalue weighted by molar-refractivity contribution is 7.10. The van der Waals surface area contributed by atoms with E-state index < -0.39 is 0 Å². The maximum absolute atomic E-state index is 13.4. The van der Waals surface area contributed by atoms with E-state index in [9.17, 15) is 14.4 Å². The first-order valence-corrected chi connectivity index (χ1v) is 14.0. The van der Waals surface area contributed by atoms with Crippen molar-refractivity contribution in [2.24, 2.45) is 0 Å². The Labute approximate surface area is 231 Å². The topological polar surface area (TPSA) is 110 Å². The number of anilines is 1. The third-order valence-corrected chi connectivity index (χ3v) is 7.98. The van der Waals surface area contributed by atoms with Gasteiger partial charge in [-0.3, -0.25) is 19.4 Å². The highest BCUT2D eigenvalue weighted by Gasteiger charge is 2.39. The van der Waals surface area contributed by atoms with E-state index in [0.29, 0.717) is 36.4 Å². The number of carbonyl (C=O) groups is 3. The maximum Gasteiger partial charge on any atom is 0.257 e. The summed E-state index contributed by atoms with van der Waals surface area (Å²) in [6, 6.07) is 12.6. The number of hydrogen-bond acceptors (Lipinski definition) is 7. The van der Waals surface area contributed by atoms with Crippen molar-refractivity contribution in [2.75, 3.05) is 25.5 Å². The lowest BCUT2D eigenvalue weighted by Crippen LogP contribution is -2.54. The van der Waals surface area contributed by atoms with Crippen LogP contribution in [0.2, 0.25) is 0 Å². The first-order chi connectivity index (χ1) is 19.0. The molecule has 3 aromatic rings. The molecule has 2 aromatic heterocycles. The van der Waals surface area contributed by atoms with Crippen LogP contribution in [0, 0.1) is 0 Å². The number of benzene rings is 1. The molecule has 0 unspecified atom stereocenters. The predicted octanol–water partition coefficient (Wildman–Crippen LogP) is 3.45. The van der Waals surface area contributed by atoms with E-state index in [0.717, 1.165) is 16.9 Å². The minimum Gasteiger partial charge on any atom is -0.490 e. The average molecular weight is 549 g/mol. The van der Waals surface area contributed by atoms with Gasteiger partial charge in [-0.25, -0.2) is 0 Å². The molecular weight excluding hydrogens is 516 g/mol. The number of amides is 3. The zero-order chi connectivity index (χ0) is 27.2. The largest absolute Gasteiger partial charge is 0.490 e. The molecule has 2 N–H and O–H groups in total. The molecule has 1 aromatic carbocycles. The van der Waals surface area contributed by atoms with Crippen LogP contribution in [0.15, 0.2) is 60.2 Å². The van der Waals surface area contributed by atoms with Crippen molar-refractivity contribution >= 4 is 34.7 Å². The average Bonchev–Trinajstić information content (AvgIpc) is 3.44. The molecular formula is C29H32N4O5S. The van der Waals surface area contributed by atoms with Crippen molar-refractivity contribution in [1.82, 2.24) is 15.2 Å². The van der Waals surface area contributed by atoms with Gasteiger partial charge in [-0.05, 0) is 66.6 Å². The van der Waals surface area contributed by atoms with Crippen LogP contribution in [0.5, 0.6) is 5.75 Å². The molecule has 0 bridgehead atoms. The molecule has 2 aliphatic heterocycles. The Morgan fingerprint density at radius 3 is 2.77 bits per heavy atom. The zero-order valence-electron chi connectivity index (χ0n) is 21.8. The molecule has 4 heterocycles. The van der Waals surface area contributed by atoms with E-state index >= 15 is 0 Å². The SMILES string of the molecule is CN1C(=O)c2cc(NC(=O)Cc3cccs3)ccc2OC[C@@H]2O[C@@H](CC(=O)NCCc3ccncc3)CC[C@@H]21. The second-order valence-electron chi connectivity index (χ2n) is 9.84. The van der Waals surface area contributed by atoms with Crippen molar-refractivity contribution in [3.63, 3.8) is 0 Å². The smallest absolute Gasteiger partial charge is 0.257 e. The van der Waals surface area contributed by atoms with Gasteiger partial charge < -0.3 is 25.0 Å². The number of ether oxygens (including phenoxy) is 2. The molecule has 3 amide bonds. The fraction of sp³-hybridized carbons (Fsp3) is 0.379. The Kier molecular flexibility index (Phi) is 8.53. The minimum absolute atomic E-state index is 0.0531. The number of nitrogens with one attached hydrogen (secondary N) is 2. The van der Waals surface area contributed by atoms with E-state index in [1.54, 1.807) is 42.5 Å². The molecule has 9 nitrogen and oxygen atoms in total. The van der Waals surface area contributed by atoms with Gasteiger partial charge in [0, 0.05) is 36.6 Å². The number of carbonyl (C=O) groups excluding carboxylic acids is 3. The fourth-order valence-corrected chi connectivity index (χ4v) is 5.76. The lowest BCUT2D eigenvalue weighted by molar-refractivity contribution is -0.134. The number of nitrogens with zero attached hydrogens (tertiary/aromatic N) is 2. The lowest BCUT2D eigenvalue weighted by Gasteiger charge is -2.42. The Hall–Kier alpha value is -3.76.